The quantitative estimate of drug-likeness (QED) is 0.739. The van der Waals surface area contributed by atoms with Crippen molar-refractivity contribution in [2.75, 3.05) is 19.6 Å². The number of amides is 2. The number of hydrogen-bond donors (Lipinski definition) is 2. The number of nitrogens with two attached hydrogens (primary N) is 1. The van der Waals surface area contributed by atoms with Crippen molar-refractivity contribution in [3.8, 4) is 0 Å². The van der Waals surface area contributed by atoms with Gasteiger partial charge in [0.15, 0.2) is 0 Å². The molecule has 4 nitrogen and oxygen atoms in total. The summed E-state index contributed by atoms with van der Waals surface area (Å²) in [5.41, 5.74) is 5.99. The van der Waals surface area contributed by atoms with Crippen LogP contribution in [0.25, 0.3) is 0 Å². The van der Waals surface area contributed by atoms with Gasteiger partial charge in [-0.2, -0.15) is 0 Å². The molecule has 3 N–H and O–H groups in total. The van der Waals surface area contributed by atoms with Gasteiger partial charge in [-0.25, -0.2) is 4.79 Å². The van der Waals surface area contributed by atoms with E-state index in [-0.39, 0.29) is 12.1 Å². The summed E-state index contributed by atoms with van der Waals surface area (Å²) in [6, 6.07) is 0.340. The Hall–Kier alpha value is -0.770. The van der Waals surface area contributed by atoms with Crippen LogP contribution in [-0.4, -0.2) is 36.6 Å². The number of nitrogens with zero attached hydrogens (tertiary/aromatic N) is 1. The summed E-state index contributed by atoms with van der Waals surface area (Å²) in [7, 11) is 0. The minimum atomic E-state index is 0.0715. The number of nitrogens with one attached hydrogen (secondary N) is 1. The molecule has 2 amide bonds. The molecule has 0 bridgehead atoms. The Bertz CT molecular complexity index is 208. The third kappa shape index (κ3) is 3.38. The highest BCUT2D eigenvalue weighted by atomic mass is 16.2. The highest BCUT2D eigenvalue weighted by Gasteiger charge is 2.27. The summed E-state index contributed by atoms with van der Waals surface area (Å²) in [5.74, 6) is 0.464. The van der Waals surface area contributed by atoms with E-state index in [2.05, 4.69) is 19.2 Å². The van der Waals surface area contributed by atoms with Crippen molar-refractivity contribution in [1.29, 1.82) is 0 Å². The van der Waals surface area contributed by atoms with E-state index in [4.69, 9.17) is 5.73 Å². The predicted molar refractivity (Wildman–Crippen MR) is 61.6 cm³/mol. The predicted octanol–water partition coefficient (Wildman–Crippen LogP) is 1.17. The summed E-state index contributed by atoms with van der Waals surface area (Å²) in [6.45, 7) is 6.57. The number of carbonyl (C=O) groups is 1. The summed E-state index contributed by atoms with van der Waals surface area (Å²) >= 11 is 0. The Labute approximate surface area is 92.2 Å². The fourth-order valence-electron chi connectivity index (χ4n) is 2.01. The van der Waals surface area contributed by atoms with Crippen molar-refractivity contribution < 1.29 is 4.79 Å². The van der Waals surface area contributed by atoms with E-state index in [9.17, 15) is 4.79 Å². The number of hydrogen-bond acceptors (Lipinski definition) is 2. The van der Waals surface area contributed by atoms with Crippen LogP contribution in [-0.2, 0) is 0 Å². The van der Waals surface area contributed by atoms with Gasteiger partial charge in [0.25, 0.3) is 0 Å². The second kappa shape index (κ2) is 5.95. The van der Waals surface area contributed by atoms with Gasteiger partial charge < -0.3 is 16.0 Å². The lowest BCUT2D eigenvalue weighted by Gasteiger charge is -2.36. The van der Waals surface area contributed by atoms with Gasteiger partial charge in [0.05, 0.1) is 0 Å². The molecule has 1 aliphatic heterocycles. The molecule has 1 aliphatic rings. The second-order valence-corrected chi connectivity index (χ2v) is 4.30. The van der Waals surface area contributed by atoms with Crippen LogP contribution in [0.5, 0.6) is 0 Å². The van der Waals surface area contributed by atoms with Crippen LogP contribution >= 0.6 is 0 Å². The van der Waals surface area contributed by atoms with Crippen molar-refractivity contribution in [2.45, 2.75) is 39.2 Å². The van der Waals surface area contributed by atoms with Gasteiger partial charge >= 0.3 is 6.03 Å². The van der Waals surface area contributed by atoms with Crippen molar-refractivity contribution in [1.82, 2.24) is 10.2 Å². The van der Waals surface area contributed by atoms with Gasteiger partial charge in [0.1, 0.15) is 0 Å². The molecule has 2 unspecified atom stereocenters. The monoisotopic (exact) mass is 213 g/mol. The fraction of sp³-hybridized carbons (Fsp3) is 0.909. The molecule has 1 fully saturated rings. The van der Waals surface area contributed by atoms with Gasteiger partial charge in [-0.05, 0) is 18.8 Å². The van der Waals surface area contributed by atoms with Crippen molar-refractivity contribution >= 4 is 6.03 Å². The van der Waals surface area contributed by atoms with Crippen LogP contribution in [0.4, 0.5) is 4.79 Å². The summed E-state index contributed by atoms with van der Waals surface area (Å²) in [6.07, 6.45) is 2.97. The maximum absolute atomic E-state index is 11.7. The van der Waals surface area contributed by atoms with E-state index in [1.54, 1.807) is 0 Å². The maximum Gasteiger partial charge on any atom is 0.317 e. The maximum atomic E-state index is 11.7. The molecule has 0 spiro atoms. The number of urea groups is 1. The average molecular weight is 213 g/mol. The Morgan fingerprint density at radius 1 is 1.53 bits per heavy atom. The van der Waals surface area contributed by atoms with Crippen molar-refractivity contribution in [3.05, 3.63) is 0 Å². The Morgan fingerprint density at radius 2 is 2.27 bits per heavy atom. The van der Waals surface area contributed by atoms with E-state index >= 15 is 0 Å². The molecule has 0 aliphatic carbocycles. The van der Waals surface area contributed by atoms with E-state index in [0.29, 0.717) is 5.92 Å². The molecule has 1 heterocycles. The molecule has 88 valence electrons. The van der Waals surface area contributed by atoms with Gasteiger partial charge in [0, 0.05) is 25.7 Å². The summed E-state index contributed by atoms with van der Waals surface area (Å²) < 4.78 is 0. The molecule has 0 aromatic heterocycles. The standard InChI is InChI=1S/C11H23N3O/c1-3-6-13-11(15)14-7-5-10(12)9(4-2)8-14/h9-10H,3-8,12H2,1-2H3,(H,13,15). The largest absolute Gasteiger partial charge is 0.338 e. The third-order valence-corrected chi connectivity index (χ3v) is 3.13. The molecular formula is C11H23N3O. The first-order valence-electron chi connectivity index (χ1n) is 5.97. The summed E-state index contributed by atoms with van der Waals surface area (Å²) in [5, 5.41) is 2.91. The molecular weight excluding hydrogens is 190 g/mol. The fourth-order valence-corrected chi connectivity index (χ4v) is 2.01. The van der Waals surface area contributed by atoms with Gasteiger partial charge in [-0.15, -0.1) is 0 Å². The minimum absolute atomic E-state index is 0.0715. The first kappa shape index (κ1) is 12.3. The van der Waals surface area contributed by atoms with Crippen molar-refractivity contribution in [2.24, 2.45) is 11.7 Å². The number of likely N-dealkylation sites (tertiary alicyclic amines) is 1. The number of carbonyl (C=O) groups excluding carboxylic acids is 1. The topological polar surface area (TPSA) is 58.4 Å². The zero-order valence-corrected chi connectivity index (χ0v) is 9.83. The van der Waals surface area contributed by atoms with Crippen LogP contribution in [0.3, 0.4) is 0 Å². The summed E-state index contributed by atoms with van der Waals surface area (Å²) in [4.78, 5) is 13.6. The molecule has 0 aromatic rings. The third-order valence-electron chi connectivity index (χ3n) is 3.13. The highest BCUT2D eigenvalue weighted by molar-refractivity contribution is 5.74. The molecule has 0 aromatic carbocycles. The minimum Gasteiger partial charge on any atom is -0.338 e. The van der Waals surface area contributed by atoms with E-state index in [1.165, 1.54) is 0 Å². The lowest BCUT2D eigenvalue weighted by atomic mass is 9.91. The van der Waals surface area contributed by atoms with Crippen LogP contribution in [0.1, 0.15) is 33.1 Å². The lowest BCUT2D eigenvalue weighted by molar-refractivity contribution is 0.153. The zero-order valence-electron chi connectivity index (χ0n) is 9.83. The number of rotatable bonds is 3. The molecule has 0 saturated carbocycles. The first-order chi connectivity index (χ1) is 7.19. The smallest absolute Gasteiger partial charge is 0.317 e. The molecule has 0 radical (unpaired) electrons. The normalized spacial score (nSPS) is 26.5. The first-order valence-corrected chi connectivity index (χ1v) is 5.97. The molecule has 2 atom stereocenters. The van der Waals surface area contributed by atoms with Gasteiger partial charge in [-0.1, -0.05) is 20.3 Å². The van der Waals surface area contributed by atoms with E-state index in [1.807, 2.05) is 4.90 Å². The average Bonchev–Trinajstić information content (AvgIpc) is 2.26. The van der Waals surface area contributed by atoms with Crippen LogP contribution in [0.2, 0.25) is 0 Å². The molecule has 4 heteroatoms. The van der Waals surface area contributed by atoms with Crippen molar-refractivity contribution in [3.63, 3.8) is 0 Å². The molecule has 15 heavy (non-hydrogen) atoms. The zero-order chi connectivity index (χ0) is 11.3. The van der Waals surface area contributed by atoms with Crippen LogP contribution in [0, 0.1) is 5.92 Å². The van der Waals surface area contributed by atoms with E-state index < -0.39 is 0 Å². The molecule has 1 saturated heterocycles. The van der Waals surface area contributed by atoms with E-state index in [0.717, 1.165) is 38.9 Å². The van der Waals surface area contributed by atoms with Gasteiger partial charge in [0.2, 0.25) is 0 Å². The van der Waals surface area contributed by atoms with Crippen LogP contribution in [0.15, 0.2) is 0 Å². The highest BCUT2D eigenvalue weighted by Crippen LogP contribution is 2.18. The SMILES string of the molecule is CCCNC(=O)N1CCC(N)C(CC)C1. The second-order valence-electron chi connectivity index (χ2n) is 4.30. The Balaban J connectivity index is 2.40. The van der Waals surface area contributed by atoms with Crippen LogP contribution < -0.4 is 11.1 Å². The van der Waals surface area contributed by atoms with Gasteiger partial charge in [-0.3, -0.25) is 0 Å². The Kier molecular flexibility index (Phi) is 4.88. The Morgan fingerprint density at radius 3 is 2.87 bits per heavy atom. The lowest BCUT2D eigenvalue weighted by Crippen LogP contribution is -2.51. The number of piperidine rings is 1. The molecule has 1 rings (SSSR count).